The van der Waals surface area contributed by atoms with Crippen LogP contribution in [0.2, 0.25) is 0 Å². The van der Waals surface area contributed by atoms with Crippen LogP contribution in [0.15, 0.2) is 60.7 Å². The number of rotatable bonds is 2. The van der Waals surface area contributed by atoms with E-state index in [4.69, 9.17) is 0 Å². The van der Waals surface area contributed by atoms with Gasteiger partial charge in [-0.15, -0.1) is 0 Å². The summed E-state index contributed by atoms with van der Waals surface area (Å²) in [5, 5.41) is 21.4. The normalized spacial score (nSPS) is 10.3. The molecule has 0 unspecified atom stereocenters. The summed E-state index contributed by atoms with van der Waals surface area (Å²) in [7, 11) is 0. The summed E-state index contributed by atoms with van der Waals surface area (Å²) in [5.41, 5.74) is 2.46. The monoisotopic (exact) mass is 259 g/mol. The van der Waals surface area contributed by atoms with Crippen LogP contribution in [-0.4, -0.2) is 5.11 Å². The van der Waals surface area contributed by atoms with E-state index in [0.717, 1.165) is 21.9 Å². The van der Waals surface area contributed by atoms with Crippen molar-refractivity contribution in [3.05, 3.63) is 77.4 Å². The zero-order chi connectivity index (χ0) is 13.9. The molecule has 0 aromatic heterocycles. The number of fused-ring (bicyclic) bond motifs is 1. The number of nitrogens with zero attached hydrogens (tertiary/aromatic N) is 1. The smallest absolute Gasteiger partial charge is 0.119 e. The number of benzene rings is 3. The largest absolute Gasteiger partial charge is 0.508 e. The second-order valence-corrected chi connectivity index (χ2v) is 4.73. The molecule has 0 atom stereocenters. The van der Waals surface area contributed by atoms with Crippen molar-refractivity contribution >= 4 is 10.8 Å². The quantitative estimate of drug-likeness (QED) is 0.755. The van der Waals surface area contributed by atoms with Crippen LogP contribution in [0.25, 0.3) is 10.8 Å². The van der Waals surface area contributed by atoms with Crippen molar-refractivity contribution in [1.29, 1.82) is 5.26 Å². The molecule has 3 aromatic rings. The fourth-order valence-electron chi connectivity index (χ4n) is 2.48. The van der Waals surface area contributed by atoms with Crippen molar-refractivity contribution in [2.75, 3.05) is 0 Å². The van der Waals surface area contributed by atoms with Crippen LogP contribution >= 0.6 is 0 Å². The molecule has 20 heavy (non-hydrogen) atoms. The third-order valence-corrected chi connectivity index (χ3v) is 3.52. The molecule has 2 nitrogen and oxygen atoms in total. The van der Waals surface area contributed by atoms with Crippen molar-refractivity contribution in [3.8, 4) is 11.8 Å². The molecule has 0 spiro atoms. The van der Waals surface area contributed by atoms with Crippen LogP contribution in [0.3, 0.4) is 0 Å². The molecule has 0 saturated carbocycles. The molecule has 0 heterocycles. The van der Waals surface area contributed by atoms with E-state index >= 15 is 0 Å². The zero-order valence-electron chi connectivity index (χ0n) is 10.9. The van der Waals surface area contributed by atoms with Gasteiger partial charge in [0.15, 0.2) is 0 Å². The highest BCUT2D eigenvalue weighted by Crippen LogP contribution is 2.27. The maximum Gasteiger partial charge on any atom is 0.119 e. The topological polar surface area (TPSA) is 44.0 Å². The molecule has 0 aliphatic rings. The second-order valence-electron chi connectivity index (χ2n) is 4.73. The molecule has 0 aliphatic carbocycles. The lowest BCUT2D eigenvalue weighted by molar-refractivity contribution is 0.469. The number of hydrogen-bond donors (Lipinski definition) is 1. The fourth-order valence-corrected chi connectivity index (χ4v) is 2.48. The molecule has 0 saturated heterocycles. The van der Waals surface area contributed by atoms with Crippen molar-refractivity contribution < 1.29 is 5.11 Å². The number of nitriles is 1. The van der Waals surface area contributed by atoms with Gasteiger partial charge in [-0.25, -0.2) is 0 Å². The Kier molecular flexibility index (Phi) is 3.10. The van der Waals surface area contributed by atoms with Gasteiger partial charge in [0.1, 0.15) is 5.75 Å². The van der Waals surface area contributed by atoms with Gasteiger partial charge in [0.25, 0.3) is 0 Å². The number of phenolic OH excluding ortho intramolecular Hbond substituents is 1. The van der Waals surface area contributed by atoms with Gasteiger partial charge >= 0.3 is 0 Å². The number of aromatic hydroxyl groups is 1. The summed E-state index contributed by atoms with van der Waals surface area (Å²) in [5.74, 6) is 0.268. The Morgan fingerprint density at radius 1 is 0.900 bits per heavy atom. The fraction of sp³-hybridized carbons (Fsp3) is 0.0556. The van der Waals surface area contributed by atoms with Crippen LogP contribution < -0.4 is 0 Å². The Balaban J connectivity index is 2.20. The first-order valence-electron chi connectivity index (χ1n) is 6.47. The van der Waals surface area contributed by atoms with E-state index in [1.165, 1.54) is 0 Å². The predicted molar refractivity (Wildman–Crippen MR) is 79.6 cm³/mol. The summed E-state index contributed by atoms with van der Waals surface area (Å²) in [4.78, 5) is 0. The van der Waals surface area contributed by atoms with Gasteiger partial charge in [-0.3, -0.25) is 0 Å². The molecule has 96 valence electrons. The SMILES string of the molecule is N#Cc1ccc2ccccc2c1Cc1ccccc1O. The standard InChI is InChI=1S/C18H13NO/c19-12-15-10-9-13-5-1-3-7-16(13)17(15)11-14-6-2-4-8-18(14)20/h1-10,20H,11H2. The van der Waals surface area contributed by atoms with Crippen LogP contribution in [-0.2, 0) is 6.42 Å². The second kappa shape index (κ2) is 5.07. The molecule has 0 aliphatic heterocycles. The average molecular weight is 259 g/mol. The van der Waals surface area contributed by atoms with E-state index in [9.17, 15) is 10.4 Å². The van der Waals surface area contributed by atoms with E-state index < -0.39 is 0 Å². The first-order valence-corrected chi connectivity index (χ1v) is 6.47. The Labute approximate surface area is 117 Å². The average Bonchev–Trinajstić information content (AvgIpc) is 2.50. The third kappa shape index (κ3) is 2.10. The van der Waals surface area contributed by atoms with E-state index in [2.05, 4.69) is 6.07 Å². The lowest BCUT2D eigenvalue weighted by Crippen LogP contribution is -1.95. The summed E-state index contributed by atoms with van der Waals surface area (Å²) < 4.78 is 0. The highest BCUT2D eigenvalue weighted by Gasteiger charge is 2.10. The van der Waals surface area contributed by atoms with Crippen molar-refractivity contribution in [1.82, 2.24) is 0 Å². The highest BCUT2D eigenvalue weighted by molar-refractivity contribution is 5.88. The highest BCUT2D eigenvalue weighted by atomic mass is 16.3. The van der Waals surface area contributed by atoms with Crippen molar-refractivity contribution in [2.45, 2.75) is 6.42 Å². The minimum Gasteiger partial charge on any atom is -0.508 e. The lowest BCUT2D eigenvalue weighted by atomic mass is 9.94. The first kappa shape index (κ1) is 12.3. The summed E-state index contributed by atoms with van der Waals surface area (Å²) in [6, 6.07) is 21.3. The molecule has 0 bridgehead atoms. The van der Waals surface area contributed by atoms with Gasteiger partial charge in [-0.1, -0.05) is 48.5 Å². The summed E-state index contributed by atoms with van der Waals surface area (Å²) in [6.45, 7) is 0. The van der Waals surface area contributed by atoms with Crippen LogP contribution in [0.1, 0.15) is 16.7 Å². The molecule has 0 fully saturated rings. The Morgan fingerprint density at radius 2 is 1.65 bits per heavy atom. The van der Waals surface area contributed by atoms with Crippen LogP contribution in [0.4, 0.5) is 0 Å². The molecule has 0 radical (unpaired) electrons. The van der Waals surface area contributed by atoms with Crippen molar-refractivity contribution in [2.24, 2.45) is 0 Å². The summed E-state index contributed by atoms with van der Waals surface area (Å²) >= 11 is 0. The number of hydrogen-bond acceptors (Lipinski definition) is 2. The predicted octanol–water partition coefficient (Wildman–Crippen LogP) is 4.01. The van der Waals surface area contributed by atoms with Gasteiger partial charge in [0, 0.05) is 6.42 Å². The molecule has 3 aromatic carbocycles. The number of para-hydroxylation sites is 1. The molecular weight excluding hydrogens is 246 g/mol. The zero-order valence-corrected chi connectivity index (χ0v) is 10.9. The van der Waals surface area contributed by atoms with Crippen molar-refractivity contribution in [3.63, 3.8) is 0 Å². The van der Waals surface area contributed by atoms with E-state index in [1.807, 2.05) is 48.5 Å². The van der Waals surface area contributed by atoms with Crippen LogP contribution in [0, 0.1) is 11.3 Å². The Morgan fingerprint density at radius 3 is 2.45 bits per heavy atom. The summed E-state index contributed by atoms with van der Waals surface area (Å²) in [6.07, 6.45) is 0.552. The minimum atomic E-state index is 0.268. The van der Waals surface area contributed by atoms with E-state index in [1.54, 1.807) is 12.1 Å². The Bertz CT molecular complexity index is 815. The van der Waals surface area contributed by atoms with Gasteiger partial charge < -0.3 is 5.11 Å². The molecule has 2 heteroatoms. The van der Waals surface area contributed by atoms with E-state index in [-0.39, 0.29) is 5.75 Å². The lowest BCUT2D eigenvalue weighted by Gasteiger charge is -2.10. The molecule has 0 amide bonds. The van der Waals surface area contributed by atoms with Crippen LogP contribution in [0.5, 0.6) is 5.75 Å². The number of phenols is 1. The Hall–Kier alpha value is -2.79. The maximum atomic E-state index is 9.92. The first-order chi connectivity index (χ1) is 9.79. The van der Waals surface area contributed by atoms with Gasteiger partial charge in [-0.05, 0) is 34.0 Å². The molecular formula is C18H13NO. The van der Waals surface area contributed by atoms with E-state index in [0.29, 0.717) is 12.0 Å². The maximum absolute atomic E-state index is 9.92. The van der Waals surface area contributed by atoms with Gasteiger partial charge in [0.2, 0.25) is 0 Å². The molecule has 1 N–H and O–H groups in total. The molecule has 3 rings (SSSR count). The van der Waals surface area contributed by atoms with Gasteiger partial charge in [-0.2, -0.15) is 5.26 Å². The third-order valence-electron chi connectivity index (χ3n) is 3.52. The minimum absolute atomic E-state index is 0.268. The van der Waals surface area contributed by atoms with Gasteiger partial charge in [0.05, 0.1) is 11.6 Å².